The molecule has 1 aromatic carbocycles. The van der Waals surface area contributed by atoms with Crippen molar-refractivity contribution in [3.05, 3.63) is 63.7 Å². The molecule has 0 N–H and O–H groups in total. The van der Waals surface area contributed by atoms with Crippen LogP contribution < -0.4 is 4.90 Å². The Morgan fingerprint density at radius 3 is 2.60 bits per heavy atom. The molecule has 1 aliphatic heterocycles. The average molecular weight is 373 g/mol. The van der Waals surface area contributed by atoms with Gasteiger partial charge in [-0.1, -0.05) is 41.4 Å². The van der Waals surface area contributed by atoms with Crippen LogP contribution >= 0.6 is 23.2 Å². The Kier molecular flexibility index (Phi) is 3.94. The van der Waals surface area contributed by atoms with Crippen LogP contribution in [0.3, 0.4) is 0 Å². The Labute approximate surface area is 154 Å². The fourth-order valence-corrected chi connectivity index (χ4v) is 3.19. The average Bonchev–Trinajstić information content (AvgIpc) is 2.94. The van der Waals surface area contributed by atoms with E-state index in [0.717, 1.165) is 17.1 Å². The summed E-state index contributed by atoms with van der Waals surface area (Å²) in [6, 6.07) is 11.2. The Morgan fingerprint density at radius 1 is 1.04 bits per heavy atom. The molecule has 0 unspecified atom stereocenters. The van der Waals surface area contributed by atoms with E-state index >= 15 is 0 Å². The van der Waals surface area contributed by atoms with Crippen LogP contribution in [0.25, 0.3) is 5.69 Å². The number of hydrogen-bond acceptors (Lipinski definition) is 5. The van der Waals surface area contributed by atoms with Gasteiger partial charge in [0.05, 0.1) is 16.4 Å². The molecule has 0 saturated carbocycles. The number of rotatable bonds is 2. The van der Waals surface area contributed by atoms with Gasteiger partial charge in [0.1, 0.15) is 17.4 Å². The molecule has 3 aromatic rings. The SMILES string of the molecule is CN(C)c1nnc2n1-c1ccc(Cl)nc1C(c1ccccc1Cl)=NC2. The van der Waals surface area contributed by atoms with Crippen molar-refractivity contribution in [1.82, 2.24) is 19.7 Å². The summed E-state index contributed by atoms with van der Waals surface area (Å²) in [5, 5.41) is 9.54. The third-order valence-corrected chi connectivity index (χ3v) is 4.47. The molecule has 126 valence electrons. The molecule has 0 atom stereocenters. The lowest BCUT2D eigenvalue weighted by Gasteiger charge is -2.16. The summed E-state index contributed by atoms with van der Waals surface area (Å²) in [6.07, 6.45) is 0. The first-order chi connectivity index (χ1) is 12.1. The van der Waals surface area contributed by atoms with Crippen molar-refractivity contribution in [3.8, 4) is 5.69 Å². The maximum atomic E-state index is 6.40. The molecule has 0 fully saturated rings. The normalized spacial score (nSPS) is 12.9. The topological polar surface area (TPSA) is 59.2 Å². The second-order valence-corrected chi connectivity index (χ2v) is 6.59. The van der Waals surface area contributed by atoms with Crippen molar-refractivity contribution < 1.29 is 0 Å². The monoisotopic (exact) mass is 372 g/mol. The zero-order chi connectivity index (χ0) is 17.6. The zero-order valence-corrected chi connectivity index (χ0v) is 15.1. The van der Waals surface area contributed by atoms with Gasteiger partial charge >= 0.3 is 0 Å². The second-order valence-electron chi connectivity index (χ2n) is 5.79. The van der Waals surface area contributed by atoms with E-state index in [1.807, 2.05) is 53.9 Å². The highest BCUT2D eigenvalue weighted by atomic mass is 35.5. The minimum atomic E-state index is 0.370. The van der Waals surface area contributed by atoms with Crippen LogP contribution in [0.15, 0.2) is 41.4 Å². The predicted octanol–water partition coefficient (Wildman–Crippen LogP) is 3.39. The predicted molar refractivity (Wildman–Crippen MR) is 99.3 cm³/mol. The Morgan fingerprint density at radius 2 is 1.84 bits per heavy atom. The number of aliphatic imine (C=N–C) groups is 1. The molecule has 1 aliphatic rings. The Hall–Kier alpha value is -2.44. The Bertz CT molecular complexity index is 993. The fourth-order valence-electron chi connectivity index (χ4n) is 2.82. The number of fused-ring (bicyclic) bond motifs is 3. The van der Waals surface area contributed by atoms with Gasteiger partial charge in [0.2, 0.25) is 5.95 Å². The number of hydrogen-bond donors (Lipinski definition) is 0. The summed E-state index contributed by atoms with van der Waals surface area (Å²) in [4.78, 5) is 11.2. The van der Waals surface area contributed by atoms with E-state index in [4.69, 9.17) is 28.2 Å². The first-order valence-corrected chi connectivity index (χ1v) is 8.40. The van der Waals surface area contributed by atoms with E-state index in [-0.39, 0.29) is 0 Å². The van der Waals surface area contributed by atoms with Gasteiger partial charge in [0.25, 0.3) is 0 Å². The quantitative estimate of drug-likeness (QED) is 0.647. The molecule has 3 heterocycles. The zero-order valence-electron chi connectivity index (χ0n) is 13.6. The van der Waals surface area contributed by atoms with Crippen molar-refractivity contribution >= 4 is 34.9 Å². The highest BCUT2D eigenvalue weighted by molar-refractivity contribution is 6.35. The van der Waals surface area contributed by atoms with Gasteiger partial charge in [-0.2, -0.15) is 0 Å². The minimum absolute atomic E-state index is 0.370. The summed E-state index contributed by atoms with van der Waals surface area (Å²) < 4.78 is 1.95. The van der Waals surface area contributed by atoms with E-state index in [0.29, 0.717) is 34.1 Å². The molecule has 4 rings (SSSR count). The smallest absolute Gasteiger partial charge is 0.231 e. The molecule has 0 aliphatic carbocycles. The van der Waals surface area contributed by atoms with Crippen LogP contribution in [0, 0.1) is 0 Å². The van der Waals surface area contributed by atoms with E-state index in [1.165, 1.54) is 0 Å². The number of benzene rings is 1. The molecule has 8 heteroatoms. The number of nitrogens with zero attached hydrogens (tertiary/aromatic N) is 6. The molecule has 0 amide bonds. The maximum absolute atomic E-state index is 6.40. The highest BCUT2D eigenvalue weighted by Gasteiger charge is 2.25. The highest BCUT2D eigenvalue weighted by Crippen LogP contribution is 2.30. The fraction of sp³-hybridized carbons (Fsp3) is 0.176. The number of halogens is 2. The summed E-state index contributed by atoms with van der Waals surface area (Å²) in [6.45, 7) is 0.370. The molecular formula is C17H14Cl2N6. The van der Waals surface area contributed by atoms with Gasteiger partial charge in [0.15, 0.2) is 5.82 Å². The lowest BCUT2D eigenvalue weighted by Crippen LogP contribution is -2.17. The summed E-state index contributed by atoms with van der Waals surface area (Å²) >= 11 is 12.6. The molecule has 2 aromatic heterocycles. The van der Waals surface area contributed by atoms with Gasteiger partial charge < -0.3 is 4.90 Å². The van der Waals surface area contributed by atoms with Crippen LogP contribution in [0.4, 0.5) is 5.95 Å². The van der Waals surface area contributed by atoms with Crippen LogP contribution in [-0.2, 0) is 6.54 Å². The lowest BCUT2D eigenvalue weighted by molar-refractivity contribution is 0.862. The first-order valence-electron chi connectivity index (χ1n) is 7.64. The van der Waals surface area contributed by atoms with Crippen molar-refractivity contribution in [1.29, 1.82) is 0 Å². The van der Waals surface area contributed by atoms with E-state index in [9.17, 15) is 0 Å². The number of anilines is 1. The van der Waals surface area contributed by atoms with Gasteiger partial charge in [-0.05, 0) is 18.2 Å². The number of pyridine rings is 1. The molecule has 0 bridgehead atoms. The standard InChI is InChI=1S/C17H14Cl2N6/c1-24(2)17-23-22-14-9-20-15(10-5-3-4-6-11(10)18)16-12(25(14)17)7-8-13(19)21-16/h3-8H,9H2,1-2H3. The molecule has 0 radical (unpaired) electrons. The lowest BCUT2D eigenvalue weighted by atomic mass is 10.1. The van der Waals surface area contributed by atoms with Crippen molar-refractivity contribution in [2.45, 2.75) is 6.54 Å². The Balaban J connectivity index is 2.01. The summed E-state index contributed by atoms with van der Waals surface area (Å²) in [7, 11) is 3.84. The summed E-state index contributed by atoms with van der Waals surface area (Å²) in [5.41, 5.74) is 2.98. The third kappa shape index (κ3) is 2.67. The first kappa shape index (κ1) is 16.1. The van der Waals surface area contributed by atoms with Gasteiger partial charge in [-0.3, -0.25) is 9.56 Å². The molecule has 0 spiro atoms. The molecular weight excluding hydrogens is 359 g/mol. The molecule has 6 nitrogen and oxygen atoms in total. The van der Waals surface area contributed by atoms with Crippen LogP contribution in [-0.4, -0.2) is 39.6 Å². The van der Waals surface area contributed by atoms with Crippen molar-refractivity contribution in [2.24, 2.45) is 4.99 Å². The van der Waals surface area contributed by atoms with Crippen molar-refractivity contribution in [2.75, 3.05) is 19.0 Å². The van der Waals surface area contributed by atoms with Crippen LogP contribution in [0.1, 0.15) is 17.1 Å². The van der Waals surface area contributed by atoms with E-state index in [1.54, 1.807) is 6.07 Å². The second kappa shape index (κ2) is 6.13. The molecule has 0 saturated heterocycles. The van der Waals surface area contributed by atoms with Crippen LogP contribution in [0.2, 0.25) is 10.2 Å². The van der Waals surface area contributed by atoms with E-state index < -0.39 is 0 Å². The van der Waals surface area contributed by atoms with Gasteiger partial charge in [-0.15, -0.1) is 10.2 Å². The minimum Gasteiger partial charge on any atom is -0.347 e. The number of aromatic nitrogens is 4. The van der Waals surface area contributed by atoms with Crippen molar-refractivity contribution in [3.63, 3.8) is 0 Å². The van der Waals surface area contributed by atoms with Crippen LogP contribution in [0.5, 0.6) is 0 Å². The van der Waals surface area contributed by atoms with Gasteiger partial charge in [-0.25, -0.2) is 4.98 Å². The maximum Gasteiger partial charge on any atom is 0.231 e. The van der Waals surface area contributed by atoms with Gasteiger partial charge in [0, 0.05) is 19.7 Å². The summed E-state index contributed by atoms with van der Waals surface area (Å²) in [5.74, 6) is 1.44. The molecule has 25 heavy (non-hydrogen) atoms. The largest absolute Gasteiger partial charge is 0.347 e. The third-order valence-electron chi connectivity index (χ3n) is 3.93. The van der Waals surface area contributed by atoms with E-state index in [2.05, 4.69) is 15.2 Å².